The molecular formula is C19H20FN3O2S2. The molecule has 1 atom stereocenters. The SMILES string of the molecule is Cc1cc(-c2csc(Nc3ccc(F)cc3)n2)c(C)n1[C@H]1CCS(=O)(=O)C1. The van der Waals surface area contributed by atoms with Crippen LogP contribution in [0.15, 0.2) is 35.7 Å². The molecule has 1 aliphatic heterocycles. The van der Waals surface area contributed by atoms with Gasteiger partial charge in [0, 0.05) is 34.1 Å². The van der Waals surface area contributed by atoms with Crippen LogP contribution in [0.4, 0.5) is 15.2 Å². The Morgan fingerprint density at radius 2 is 2.00 bits per heavy atom. The number of aryl methyl sites for hydroxylation is 1. The average Bonchev–Trinajstić information content (AvgIpc) is 3.28. The number of anilines is 2. The van der Waals surface area contributed by atoms with E-state index in [4.69, 9.17) is 0 Å². The molecule has 0 amide bonds. The third-order valence-electron chi connectivity index (χ3n) is 4.93. The summed E-state index contributed by atoms with van der Waals surface area (Å²) in [5.74, 6) is 0.186. The molecule has 0 saturated carbocycles. The smallest absolute Gasteiger partial charge is 0.187 e. The number of hydrogen-bond acceptors (Lipinski definition) is 5. The van der Waals surface area contributed by atoms with Gasteiger partial charge in [-0.2, -0.15) is 0 Å². The second kappa shape index (κ2) is 6.76. The standard InChI is InChI=1S/C19H20FN3O2S2/c1-12-9-17(13(2)23(12)16-7-8-27(24,25)11-16)18-10-26-19(22-18)21-15-5-3-14(20)4-6-15/h3-6,9-10,16H,7-8,11H2,1-2H3,(H,21,22)/t16-/m0/s1. The highest BCUT2D eigenvalue weighted by molar-refractivity contribution is 7.91. The second-order valence-corrected chi connectivity index (χ2v) is 9.97. The normalized spacial score (nSPS) is 18.7. The molecule has 8 heteroatoms. The maximum atomic E-state index is 13.0. The molecule has 3 aromatic rings. The van der Waals surface area contributed by atoms with E-state index in [2.05, 4.69) is 20.9 Å². The first-order valence-electron chi connectivity index (χ1n) is 8.70. The van der Waals surface area contributed by atoms with Crippen LogP contribution in [0.25, 0.3) is 11.3 Å². The molecule has 0 bridgehead atoms. The van der Waals surface area contributed by atoms with Gasteiger partial charge in [-0.15, -0.1) is 11.3 Å². The number of thiazole rings is 1. The van der Waals surface area contributed by atoms with E-state index in [1.807, 2.05) is 19.2 Å². The van der Waals surface area contributed by atoms with Crippen LogP contribution in [0.5, 0.6) is 0 Å². The van der Waals surface area contributed by atoms with E-state index >= 15 is 0 Å². The first-order chi connectivity index (χ1) is 12.8. The number of aromatic nitrogens is 2. The lowest BCUT2D eigenvalue weighted by Crippen LogP contribution is -2.13. The predicted molar refractivity (Wildman–Crippen MR) is 107 cm³/mol. The van der Waals surface area contributed by atoms with Crippen molar-refractivity contribution >= 4 is 32.0 Å². The molecule has 0 radical (unpaired) electrons. The number of benzene rings is 1. The van der Waals surface area contributed by atoms with Crippen molar-refractivity contribution in [2.24, 2.45) is 0 Å². The highest BCUT2D eigenvalue weighted by Crippen LogP contribution is 2.35. The summed E-state index contributed by atoms with van der Waals surface area (Å²) in [6, 6.07) is 8.21. The molecule has 0 unspecified atom stereocenters. The van der Waals surface area contributed by atoms with Crippen molar-refractivity contribution in [3.8, 4) is 11.3 Å². The Balaban J connectivity index is 1.60. The molecule has 1 fully saturated rings. The van der Waals surface area contributed by atoms with Crippen molar-refractivity contribution in [3.05, 3.63) is 52.9 Å². The van der Waals surface area contributed by atoms with Gasteiger partial charge in [-0.3, -0.25) is 0 Å². The van der Waals surface area contributed by atoms with Gasteiger partial charge in [0.1, 0.15) is 5.82 Å². The molecule has 142 valence electrons. The molecule has 1 aliphatic rings. The molecule has 4 rings (SSSR count). The van der Waals surface area contributed by atoms with E-state index in [9.17, 15) is 12.8 Å². The quantitative estimate of drug-likeness (QED) is 0.696. The third kappa shape index (κ3) is 3.64. The van der Waals surface area contributed by atoms with Crippen molar-refractivity contribution < 1.29 is 12.8 Å². The Morgan fingerprint density at radius 3 is 2.67 bits per heavy atom. The van der Waals surface area contributed by atoms with E-state index in [0.29, 0.717) is 6.42 Å². The molecule has 3 heterocycles. The van der Waals surface area contributed by atoms with Gasteiger partial charge in [0.25, 0.3) is 0 Å². The molecule has 1 N–H and O–H groups in total. The van der Waals surface area contributed by atoms with Crippen LogP contribution in [0, 0.1) is 19.7 Å². The molecule has 0 aliphatic carbocycles. The summed E-state index contributed by atoms with van der Waals surface area (Å²) in [7, 11) is -2.94. The topological polar surface area (TPSA) is 64.0 Å². The van der Waals surface area contributed by atoms with Crippen LogP contribution < -0.4 is 5.32 Å². The van der Waals surface area contributed by atoms with E-state index < -0.39 is 9.84 Å². The highest BCUT2D eigenvalue weighted by atomic mass is 32.2. The zero-order chi connectivity index (χ0) is 19.2. The fourth-order valence-corrected chi connectivity index (χ4v) is 6.12. The molecule has 27 heavy (non-hydrogen) atoms. The van der Waals surface area contributed by atoms with Crippen molar-refractivity contribution in [1.29, 1.82) is 0 Å². The van der Waals surface area contributed by atoms with Crippen LogP contribution in [-0.2, 0) is 9.84 Å². The van der Waals surface area contributed by atoms with E-state index in [1.165, 1.54) is 23.5 Å². The maximum absolute atomic E-state index is 13.0. The minimum absolute atomic E-state index is 0.000744. The Bertz CT molecular complexity index is 1080. The lowest BCUT2D eigenvalue weighted by atomic mass is 10.2. The van der Waals surface area contributed by atoms with Gasteiger partial charge >= 0.3 is 0 Å². The van der Waals surface area contributed by atoms with Gasteiger partial charge in [0.15, 0.2) is 15.0 Å². The first kappa shape index (κ1) is 18.2. The summed E-state index contributed by atoms with van der Waals surface area (Å²) >= 11 is 1.48. The molecule has 2 aromatic heterocycles. The van der Waals surface area contributed by atoms with Crippen molar-refractivity contribution in [1.82, 2.24) is 9.55 Å². The Kier molecular flexibility index (Phi) is 4.55. The monoisotopic (exact) mass is 405 g/mol. The van der Waals surface area contributed by atoms with Crippen LogP contribution in [0.2, 0.25) is 0 Å². The Hall–Kier alpha value is -2.19. The average molecular weight is 406 g/mol. The number of nitrogens with one attached hydrogen (secondary N) is 1. The minimum Gasteiger partial charge on any atom is -0.344 e. The Labute approximate surface area is 161 Å². The van der Waals surface area contributed by atoms with Gasteiger partial charge < -0.3 is 9.88 Å². The van der Waals surface area contributed by atoms with E-state index in [0.717, 1.165) is 33.5 Å². The fraction of sp³-hybridized carbons (Fsp3) is 0.316. The van der Waals surface area contributed by atoms with Crippen LogP contribution >= 0.6 is 11.3 Å². The van der Waals surface area contributed by atoms with Crippen molar-refractivity contribution in [2.75, 3.05) is 16.8 Å². The van der Waals surface area contributed by atoms with Gasteiger partial charge in [0.2, 0.25) is 0 Å². The fourth-order valence-electron chi connectivity index (χ4n) is 3.69. The first-order valence-corrected chi connectivity index (χ1v) is 11.4. The lowest BCUT2D eigenvalue weighted by molar-refractivity contribution is 0.536. The summed E-state index contributed by atoms with van der Waals surface area (Å²) in [4.78, 5) is 4.65. The van der Waals surface area contributed by atoms with Crippen molar-refractivity contribution in [2.45, 2.75) is 26.3 Å². The number of hydrogen-bond donors (Lipinski definition) is 1. The third-order valence-corrected chi connectivity index (χ3v) is 7.44. The largest absolute Gasteiger partial charge is 0.344 e. The highest BCUT2D eigenvalue weighted by Gasteiger charge is 2.31. The van der Waals surface area contributed by atoms with Crippen molar-refractivity contribution in [3.63, 3.8) is 0 Å². The van der Waals surface area contributed by atoms with Crippen LogP contribution in [0.3, 0.4) is 0 Å². The summed E-state index contributed by atoms with van der Waals surface area (Å²) in [6.07, 6.45) is 0.659. The molecule has 0 spiro atoms. The minimum atomic E-state index is -2.94. The number of halogens is 1. The predicted octanol–water partition coefficient (Wildman–Crippen LogP) is 4.47. The summed E-state index contributed by atoms with van der Waals surface area (Å²) in [5, 5.41) is 5.88. The summed E-state index contributed by atoms with van der Waals surface area (Å²) in [5.41, 5.74) is 4.72. The van der Waals surface area contributed by atoms with Crippen LogP contribution in [-0.4, -0.2) is 29.5 Å². The second-order valence-electron chi connectivity index (χ2n) is 6.88. The lowest BCUT2D eigenvalue weighted by Gasteiger charge is -2.16. The zero-order valence-electron chi connectivity index (χ0n) is 15.1. The van der Waals surface area contributed by atoms with Gasteiger partial charge in [-0.1, -0.05) is 0 Å². The van der Waals surface area contributed by atoms with E-state index in [1.54, 1.807) is 12.1 Å². The maximum Gasteiger partial charge on any atom is 0.187 e. The number of sulfone groups is 1. The van der Waals surface area contributed by atoms with Gasteiger partial charge in [-0.25, -0.2) is 17.8 Å². The Morgan fingerprint density at radius 1 is 1.26 bits per heavy atom. The summed E-state index contributed by atoms with van der Waals surface area (Å²) < 4.78 is 38.9. The summed E-state index contributed by atoms with van der Waals surface area (Å²) in [6.45, 7) is 4.02. The number of rotatable bonds is 4. The number of nitrogens with zero attached hydrogens (tertiary/aromatic N) is 2. The van der Waals surface area contributed by atoms with Gasteiger partial charge in [0.05, 0.1) is 17.2 Å². The zero-order valence-corrected chi connectivity index (χ0v) is 16.7. The molecule has 1 saturated heterocycles. The molecular weight excluding hydrogens is 385 g/mol. The van der Waals surface area contributed by atoms with Gasteiger partial charge in [-0.05, 0) is 50.6 Å². The molecule has 1 aromatic carbocycles. The van der Waals surface area contributed by atoms with Crippen LogP contribution in [0.1, 0.15) is 23.9 Å². The van der Waals surface area contributed by atoms with E-state index in [-0.39, 0.29) is 23.4 Å². The molecule has 5 nitrogen and oxygen atoms in total.